The fourth-order valence-corrected chi connectivity index (χ4v) is 4.52. The van der Waals surface area contributed by atoms with Crippen LogP contribution in [-0.2, 0) is 17.6 Å². The molecule has 0 N–H and O–H groups in total. The molecule has 0 amide bonds. The second-order valence-electron chi connectivity index (χ2n) is 5.12. The minimum absolute atomic E-state index is 0.216. The van der Waals surface area contributed by atoms with E-state index in [1.165, 1.54) is 16.9 Å². The van der Waals surface area contributed by atoms with Crippen molar-refractivity contribution in [2.45, 2.75) is 32.6 Å². The Hall–Kier alpha value is -1.32. The normalized spacial score (nSPS) is 13.8. The van der Waals surface area contributed by atoms with Crippen molar-refractivity contribution in [1.82, 2.24) is 0 Å². The summed E-state index contributed by atoms with van der Waals surface area (Å²) in [6.07, 6.45) is 4.34. The van der Waals surface area contributed by atoms with Gasteiger partial charge in [-0.15, -0.1) is 11.3 Å². The first-order valence-corrected chi connectivity index (χ1v) is 8.48. The molecule has 0 saturated heterocycles. The molecule has 0 spiro atoms. The second-order valence-corrected chi connectivity index (χ2v) is 6.63. The molecular weight excluding hydrogens is 304 g/mol. The number of rotatable bonds is 3. The molecule has 21 heavy (non-hydrogen) atoms. The molecule has 1 heterocycles. The standard InChI is InChI=1S/C17H17ClO2S/c1-2-20-17(19)15-12-8-4-6-10-14(12)21-16(15)11-7-3-5-9-13(11)18/h3,5,7,9H,2,4,6,8,10H2,1H3. The van der Waals surface area contributed by atoms with Gasteiger partial charge in [-0.05, 0) is 44.2 Å². The summed E-state index contributed by atoms with van der Waals surface area (Å²) in [7, 11) is 0. The van der Waals surface area contributed by atoms with Crippen LogP contribution in [0.1, 0.15) is 40.6 Å². The lowest BCUT2D eigenvalue weighted by molar-refractivity contribution is 0.0526. The van der Waals surface area contributed by atoms with E-state index in [1.54, 1.807) is 11.3 Å². The van der Waals surface area contributed by atoms with Crippen LogP contribution in [0.5, 0.6) is 0 Å². The van der Waals surface area contributed by atoms with Gasteiger partial charge in [0, 0.05) is 15.5 Å². The van der Waals surface area contributed by atoms with E-state index in [-0.39, 0.29) is 5.97 Å². The zero-order valence-electron chi connectivity index (χ0n) is 11.9. The highest BCUT2D eigenvalue weighted by Gasteiger charge is 2.27. The fraction of sp³-hybridized carbons (Fsp3) is 0.353. The molecule has 0 unspecified atom stereocenters. The summed E-state index contributed by atoms with van der Waals surface area (Å²) in [5.41, 5.74) is 2.85. The van der Waals surface area contributed by atoms with E-state index in [0.29, 0.717) is 11.6 Å². The molecule has 4 heteroatoms. The van der Waals surface area contributed by atoms with Crippen LogP contribution >= 0.6 is 22.9 Å². The van der Waals surface area contributed by atoms with E-state index in [9.17, 15) is 4.79 Å². The van der Waals surface area contributed by atoms with E-state index in [0.717, 1.165) is 35.3 Å². The molecule has 3 rings (SSSR count). The number of halogens is 1. The number of thiophene rings is 1. The molecule has 1 aromatic carbocycles. The lowest BCUT2D eigenvalue weighted by Gasteiger charge is -2.12. The van der Waals surface area contributed by atoms with E-state index in [1.807, 2.05) is 31.2 Å². The smallest absolute Gasteiger partial charge is 0.339 e. The van der Waals surface area contributed by atoms with Gasteiger partial charge in [0.15, 0.2) is 0 Å². The van der Waals surface area contributed by atoms with Crippen LogP contribution in [0, 0.1) is 0 Å². The third kappa shape index (κ3) is 2.72. The molecule has 0 radical (unpaired) electrons. The van der Waals surface area contributed by atoms with Crippen molar-refractivity contribution in [1.29, 1.82) is 0 Å². The van der Waals surface area contributed by atoms with Gasteiger partial charge in [0.05, 0.1) is 17.0 Å². The molecular formula is C17H17ClO2S. The number of aryl methyl sites for hydroxylation is 1. The van der Waals surface area contributed by atoms with Crippen molar-refractivity contribution >= 4 is 28.9 Å². The maximum Gasteiger partial charge on any atom is 0.339 e. The zero-order chi connectivity index (χ0) is 14.8. The van der Waals surface area contributed by atoms with E-state index in [4.69, 9.17) is 16.3 Å². The van der Waals surface area contributed by atoms with Crippen LogP contribution in [0.4, 0.5) is 0 Å². The molecule has 2 nitrogen and oxygen atoms in total. The molecule has 0 atom stereocenters. The highest BCUT2D eigenvalue weighted by atomic mass is 35.5. The Morgan fingerprint density at radius 3 is 2.81 bits per heavy atom. The van der Waals surface area contributed by atoms with Crippen molar-refractivity contribution in [3.63, 3.8) is 0 Å². The minimum atomic E-state index is -0.216. The topological polar surface area (TPSA) is 26.3 Å². The van der Waals surface area contributed by atoms with Crippen LogP contribution in [-0.4, -0.2) is 12.6 Å². The summed E-state index contributed by atoms with van der Waals surface area (Å²) in [5, 5.41) is 0.682. The average Bonchev–Trinajstić information content (AvgIpc) is 2.87. The van der Waals surface area contributed by atoms with E-state index >= 15 is 0 Å². The summed E-state index contributed by atoms with van der Waals surface area (Å²) in [6, 6.07) is 7.70. The maximum atomic E-state index is 12.4. The Morgan fingerprint density at radius 2 is 2.05 bits per heavy atom. The number of carbonyl (C=O) groups is 1. The third-order valence-corrected chi connectivity index (χ3v) is 5.42. The predicted molar refractivity (Wildman–Crippen MR) is 87.4 cm³/mol. The first-order chi connectivity index (χ1) is 10.2. The van der Waals surface area contributed by atoms with E-state index in [2.05, 4.69) is 0 Å². The van der Waals surface area contributed by atoms with Crippen molar-refractivity contribution in [3.05, 3.63) is 45.3 Å². The van der Waals surface area contributed by atoms with Crippen LogP contribution in [0.3, 0.4) is 0 Å². The van der Waals surface area contributed by atoms with Gasteiger partial charge >= 0.3 is 5.97 Å². The SMILES string of the molecule is CCOC(=O)c1c(-c2ccccc2Cl)sc2c1CCCC2. The number of esters is 1. The molecule has 110 valence electrons. The number of hydrogen-bond donors (Lipinski definition) is 0. The first-order valence-electron chi connectivity index (χ1n) is 7.29. The summed E-state index contributed by atoms with van der Waals surface area (Å²) in [6.45, 7) is 2.23. The number of ether oxygens (including phenoxy) is 1. The Bertz CT molecular complexity index is 675. The lowest BCUT2D eigenvalue weighted by atomic mass is 9.94. The van der Waals surface area contributed by atoms with Gasteiger partial charge < -0.3 is 4.74 Å². The van der Waals surface area contributed by atoms with Crippen molar-refractivity contribution in [2.75, 3.05) is 6.61 Å². The summed E-state index contributed by atoms with van der Waals surface area (Å²) in [4.78, 5) is 14.7. The highest BCUT2D eigenvalue weighted by Crippen LogP contribution is 2.42. The fourth-order valence-electron chi connectivity index (χ4n) is 2.82. The number of carbonyl (C=O) groups excluding carboxylic acids is 1. The largest absolute Gasteiger partial charge is 0.462 e. The first kappa shape index (κ1) is 14.6. The van der Waals surface area contributed by atoms with Gasteiger partial charge in [0.1, 0.15) is 0 Å². The van der Waals surface area contributed by atoms with Gasteiger partial charge in [0.25, 0.3) is 0 Å². The Morgan fingerprint density at radius 1 is 1.29 bits per heavy atom. The monoisotopic (exact) mass is 320 g/mol. The van der Waals surface area contributed by atoms with Gasteiger partial charge in [0.2, 0.25) is 0 Å². The molecule has 1 aromatic heterocycles. The molecule has 0 saturated carbocycles. The molecule has 1 aliphatic carbocycles. The number of hydrogen-bond acceptors (Lipinski definition) is 3. The van der Waals surface area contributed by atoms with Crippen LogP contribution in [0.2, 0.25) is 5.02 Å². The second kappa shape index (κ2) is 6.20. The van der Waals surface area contributed by atoms with Gasteiger partial charge in [-0.25, -0.2) is 4.79 Å². The van der Waals surface area contributed by atoms with Gasteiger partial charge in [-0.3, -0.25) is 0 Å². The number of fused-ring (bicyclic) bond motifs is 1. The van der Waals surface area contributed by atoms with Crippen molar-refractivity contribution in [3.8, 4) is 10.4 Å². The predicted octanol–water partition coefficient (Wildman–Crippen LogP) is 5.12. The van der Waals surface area contributed by atoms with Crippen LogP contribution in [0.25, 0.3) is 10.4 Å². The quantitative estimate of drug-likeness (QED) is 0.733. The third-order valence-electron chi connectivity index (χ3n) is 3.77. The van der Waals surface area contributed by atoms with Crippen molar-refractivity contribution < 1.29 is 9.53 Å². The van der Waals surface area contributed by atoms with Gasteiger partial charge in [-0.2, -0.15) is 0 Å². The summed E-state index contributed by atoms with van der Waals surface area (Å²) in [5.74, 6) is -0.216. The zero-order valence-corrected chi connectivity index (χ0v) is 13.5. The lowest BCUT2D eigenvalue weighted by Crippen LogP contribution is -2.10. The molecule has 2 aromatic rings. The summed E-state index contributed by atoms with van der Waals surface area (Å²) < 4.78 is 5.28. The Kier molecular flexibility index (Phi) is 4.32. The summed E-state index contributed by atoms with van der Waals surface area (Å²) >= 11 is 8.03. The van der Waals surface area contributed by atoms with E-state index < -0.39 is 0 Å². The molecule has 1 aliphatic rings. The highest BCUT2D eigenvalue weighted by molar-refractivity contribution is 7.16. The van der Waals surface area contributed by atoms with Gasteiger partial charge in [-0.1, -0.05) is 29.8 Å². The average molecular weight is 321 g/mol. The molecule has 0 bridgehead atoms. The van der Waals surface area contributed by atoms with Crippen LogP contribution < -0.4 is 0 Å². The minimum Gasteiger partial charge on any atom is -0.462 e. The Balaban J connectivity index is 2.18. The maximum absolute atomic E-state index is 12.4. The van der Waals surface area contributed by atoms with Crippen molar-refractivity contribution in [2.24, 2.45) is 0 Å². The molecule has 0 fully saturated rings. The van der Waals surface area contributed by atoms with Crippen LogP contribution in [0.15, 0.2) is 24.3 Å². The number of benzene rings is 1. The Labute approximate surface area is 133 Å². The molecule has 0 aliphatic heterocycles.